The van der Waals surface area contributed by atoms with Gasteiger partial charge in [-0.2, -0.15) is 0 Å². The van der Waals surface area contributed by atoms with Crippen molar-refractivity contribution in [1.29, 1.82) is 0 Å². The van der Waals surface area contributed by atoms with Gasteiger partial charge in [0.1, 0.15) is 5.01 Å². The summed E-state index contributed by atoms with van der Waals surface area (Å²) >= 11 is 7.27. The molecule has 8 heteroatoms. The number of carbonyl (C=O) groups excluding carboxylic acids is 2. The molecule has 1 rings (SSSR count). The summed E-state index contributed by atoms with van der Waals surface area (Å²) in [5, 5.41) is 2.34. The van der Waals surface area contributed by atoms with E-state index in [9.17, 15) is 9.59 Å². The van der Waals surface area contributed by atoms with Crippen LogP contribution in [-0.2, 0) is 20.8 Å². The zero-order chi connectivity index (χ0) is 18.2. The molecule has 0 aliphatic rings. The molecule has 0 radical (unpaired) electrons. The monoisotopic (exact) mass is 376 g/mol. The molecular weight excluding hydrogens is 352 g/mol. The number of carbonyl (C=O) groups is 2. The number of methoxy groups -OCH3 is 1. The molecule has 0 N–H and O–H groups in total. The van der Waals surface area contributed by atoms with Crippen LogP contribution in [0, 0.1) is 5.41 Å². The molecule has 136 valence electrons. The first-order valence-electron chi connectivity index (χ1n) is 7.81. The Balaban J connectivity index is 2.84. The van der Waals surface area contributed by atoms with Gasteiger partial charge < -0.3 is 14.4 Å². The normalized spacial score (nSPS) is 11.4. The van der Waals surface area contributed by atoms with Crippen LogP contribution < -0.4 is 0 Å². The van der Waals surface area contributed by atoms with Gasteiger partial charge in [0.25, 0.3) is 0 Å². The van der Waals surface area contributed by atoms with Crippen LogP contribution in [0.1, 0.15) is 42.7 Å². The molecule has 24 heavy (non-hydrogen) atoms. The number of amides is 1. The van der Waals surface area contributed by atoms with E-state index in [1.807, 2.05) is 13.8 Å². The van der Waals surface area contributed by atoms with Crippen LogP contribution in [0.2, 0.25) is 0 Å². The van der Waals surface area contributed by atoms with E-state index < -0.39 is 11.4 Å². The lowest BCUT2D eigenvalue weighted by Crippen LogP contribution is -2.42. The molecule has 0 saturated carbocycles. The number of esters is 1. The van der Waals surface area contributed by atoms with Crippen LogP contribution in [0.5, 0.6) is 0 Å². The minimum atomic E-state index is -0.657. The second-order valence-corrected chi connectivity index (χ2v) is 7.15. The lowest BCUT2D eigenvalue weighted by atomic mass is 9.94. The predicted molar refractivity (Wildman–Crippen MR) is 94.5 cm³/mol. The average molecular weight is 377 g/mol. The Morgan fingerprint density at radius 3 is 2.71 bits per heavy atom. The van der Waals surface area contributed by atoms with Crippen LogP contribution in [0.15, 0.2) is 5.38 Å². The van der Waals surface area contributed by atoms with Crippen LogP contribution >= 0.6 is 22.9 Å². The highest BCUT2D eigenvalue weighted by Crippen LogP contribution is 2.23. The number of aromatic nitrogens is 1. The Kier molecular flexibility index (Phi) is 8.66. The Hall–Kier alpha value is -1.18. The molecule has 0 saturated heterocycles. The summed E-state index contributed by atoms with van der Waals surface area (Å²) < 4.78 is 9.99. The average Bonchev–Trinajstić information content (AvgIpc) is 3.02. The maximum absolute atomic E-state index is 12.7. The predicted octanol–water partition coefficient (Wildman–Crippen LogP) is 2.95. The molecule has 6 nitrogen and oxygen atoms in total. The molecule has 1 aromatic rings. The third-order valence-electron chi connectivity index (χ3n) is 3.34. The van der Waals surface area contributed by atoms with Crippen LogP contribution in [0.25, 0.3) is 0 Å². The van der Waals surface area contributed by atoms with Crippen molar-refractivity contribution in [1.82, 2.24) is 9.88 Å². The van der Waals surface area contributed by atoms with Crippen LogP contribution in [0.3, 0.4) is 0 Å². The maximum atomic E-state index is 12.7. The van der Waals surface area contributed by atoms with Crippen molar-refractivity contribution in [3.05, 3.63) is 16.1 Å². The first-order chi connectivity index (χ1) is 11.4. The van der Waals surface area contributed by atoms with E-state index in [0.29, 0.717) is 31.3 Å². The Morgan fingerprint density at radius 1 is 1.42 bits per heavy atom. The van der Waals surface area contributed by atoms with Gasteiger partial charge in [0.2, 0.25) is 5.91 Å². The first kappa shape index (κ1) is 20.9. The summed E-state index contributed by atoms with van der Waals surface area (Å²) in [5.41, 5.74) is -0.381. The highest BCUT2D eigenvalue weighted by Gasteiger charge is 2.31. The van der Waals surface area contributed by atoms with Gasteiger partial charge in [-0.25, -0.2) is 9.78 Å². The fourth-order valence-electron chi connectivity index (χ4n) is 1.98. The summed E-state index contributed by atoms with van der Waals surface area (Å²) in [7, 11) is 1.63. The molecule has 0 fully saturated rings. The zero-order valence-corrected chi connectivity index (χ0v) is 16.2. The molecule has 1 heterocycles. The van der Waals surface area contributed by atoms with E-state index in [1.165, 1.54) is 11.3 Å². The highest BCUT2D eigenvalue weighted by molar-refractivity contribution is 7.09. The minimum Gasteiger partial charge on any atom is -0.461 e. The first-order valence-corrected chi connectivity index (χ1v) is 9.23. The van der Waals surface area contributed by atoms with Gasteiger partial charge in [-0.15, -0.1) is 22.9 Å². The highest BCUT2D eigenvalue weighted by atomic mass is 35.5. The minimum absolute atomic E-state index is 0.0403. The number of thiazole rings is 1. The van der Waals surface area contributed by atoms with Gasteiger partial charge in [0, 0.05) is 31.5 Å². The summed E-state index contributed by atoms with van der Waals surface area (Å²) in [6.45, 7) is 7.13. The van der Waals surface area contributed by atoms with Crippen molar-refractivity contribution >= 4 is 34.8 Å². The largest absolute Gasteiger partial charge is 0.461 e. The van der Waals surface area contributed by atoms with Crippen molar-refractivity contribution in [2.75, 3.05) is 32.7 Å². The SMILES string of the molecule is CCOC(=O)c1csc(CN(CCCOC)C(=O)C(C)(C)CCl)n1. The summed E-state index contributed by atoms with van der Waals surface area (Å²) in [6.07, 6.45) is 0.719. The lowest BCUT2D eigenvalue weighted by molar-refractivity contribution is -0.140. The van der Waals surface area contributed by atoms with Crippen LogP contribution in [-0.4, -0.2) is 54.5 Å². The second-order valence-electron chi connectivity index (χ2n) is 5.94. The number of nitrogens with zero attached hydrogens (tertiary/aromatic N) is 2. The Morgan fingerprint density at radius 2 is 2.12 bits per heavy atom. The van der Waals surface area contributed by atoms with E-state index in [2.05, 4.69) is 4.98 Å². The summed E-state index contributed by atoms with van der Waals surface area (Å²) in [6, 6.07) is 0. The molecule has 0 aliphatic carbocycles. The molecule has 0 atom stereocenters. The van der Waals surface area contributed by atoms with Gasteiger partial charge in [0.15, 0.2) is 5.69 Å². The zero-order valence-electron chi connectivity index (χ0n) is 14.6. The Bertz CT molecular complexity index is 548. The van der Waals surface area contributed by atoms with Gasteiger partial charge in [-0.1, -0.05) is 0 Å². The topological polar surface area (TPSA) is 68.7 Å². The molecule has 0 bridgehead atoms. The maximum Gasteiger partial charge on any atom is 0.357 e. The molecule has 0 aromatic carbocycles. The van der Waals surface area contributed by atoms with Gasteiger partial charge in [-0.3, -0.25) is 4.79 Å². The fourth-order valence-corrected chi connectivity index (χ4v) is 2.88. The fraction of sp³-hybridized carbons (Fsp3) is 0.688. The number of alkyl halides is 1. The van der Waals surface area contributed by atoms with E-state index in [4.69, 9.17) is 21.1 Å². The molecule has 1 amide bonds. The summed E-state index contributed by atoms with van der Waals surface area (Å²) in [4.78, 5) is 30.4. The van der Waals surface area contributed by atoms with E-state index in [-0.39, 0.29) is 17.5 Å². The number of rotatable bonds is 10. The quantitative estimate of drug-likeness (QED) is 0.357. The molecular formula is C16H25ClN2O4S. The number of hydrogen-bond acceptors (Lipinski definition) is 6. The van der Waals surface area contributed by atoms with Crippen LogP contribution in [0.4, 0.5) is 0 Å². The lowest BCUT2D eigenvalue weighted by Gasteiger charge is -2.30. The van der Waals surface area contributed by atoms with Gasteiger partial charge in [-0.05, 0) is 27.2 Å². The van der Waals surface area contributed by atoms with Crippen molar-refractivity contribution in [3.8, 4) is 0 Å². The molecule has 0 spiro atoms. The number of ether oxygens (including phenoxy) is 2. The molecule has 0 aliphatic heterocycles. The number of halogens is 1. The van der Waals surface area contributed by atoms with E-state index in [1.54, 1.807) is 24.3 Å². The Labute approximate surface area is 152 Å². The van der Waals surface area contributed by atoms with Crippen molar-refractivity contribution < 1.29 is 19.1 Å². The third kappa shape index (κ3) is 6.03. The van der Waals surface area contributed by atoms with Gasteiger partial charge in [0.05, 0.1) is 18.6 Å². The van der Waals surface area contributed by atoms with Gasteiger partial charge >= 0.3 is 5.97 Å². The summed E-state index contributed by atoms with van der Waals surface area (Å²) in [5.74, 6) is -0.252. The van der Waals surface area contributed by atoms with E-state index in [0.717, 1.165) is 6.42 Å². The third-order valence-corrected chi connectivity index (χ3v) is 4.84. The van der Waals surface area contributed by atoms with Crippen molar-refractivity contribution in [2.24, 2.45) is 5.41 Å². The standard InChI is InChI=1S/C16H25ClN2O4S/c1-5-23-14(20)12-10-24-13(18-12)9-19(7-6-8-22-4)15(21)16(2,3)11-17/h10H,5-9,11H2,1-4H3. The smallest absolute Gasteiger partial charge is 0.357 e. The molecule has 1 aromatic heterocycles. The molecule has 0 unspecified atom stereocenters. The number of hydrogen-bond donors (Lipinski definition) is 0. The second kappa shape index (κ2) is 9.96. The van der Waals surface area contributed by atoms with Crippen molar-refractivity contribution in [2.45, 2.75) is 33.7 Å². The van der Waals surface area contributed by atoms with Crippen molar-refractivity contribution in [3.63, 3.8) is 0 Å². The van der Waals surface area contributed by atoms with E-state index >= 15 is 0 Å².